The normalized spacial score (nSPS) is 12.6. The van der Waals surface area contributed by atoms with E-state index in [1.54, 1.807) is 0 Å². The maximum Gasteiger partial charge on any atom is 0.407 e. The summed E-state index contributed by atoms with van der Waals surface area (Å²) in [4.78, 5) is 0. The molecule has 0 aliphatic heterocycles. The summed E-state index contributed by atoms with van der Waals surface area (Å²) in [6, 6.07) is -1.94. The van der Waals surface area contributed by atoms with E-state index in [1.165, 1.54) is 17.9 Å². The van der Waals surface area contributed by atoms with E-state index in [1.807, 2.05) is 0 Å². The Labute approximate surface area is 91.3 Å². The monoisotopic (exact) mass is 251 g/mol. The third kappa shape index (κ3) is 3.73. The summed E-state index contributed by atoms with van der Waals surface area (Å²) in [6.07, 6.45) is -2.04. The lowest BCUT2D eigenvalue weighted by molar-refractivity contribution is -0.149. The van der Waals surface area contributed by atoms with Crippen molar-refractivity contribution in [3.8, 4) is 0 Å². The highest BCUT2D eigenvalue weighted by molar-refractivity contribution is 5.85. The molecule has 0 saturated carbocycles. The van der Waals surface area contributed by atoms with E-state index in [4.69, 9.17) is 5.73 Å². The molecule has 0 bridgehead atoms. The maximum atomic E-state index is 12.0. The van der Waals surface area contributed by atoms with Crippen LogP contribution in [0.5, 0.6) is 0 Å². The summed E-state index contributed by atoms with van der Waals surface area (Å²) >= 11 is 0. The number of alkyl halides is 3. The van der Waals surface area contributed by atoms with E-state index < -0.39 is 12.2 Å². The Bertz CT molecular complexity index is 274. The third-order valence-electron chi connectivity index (χ3n) is 1.44. The van der Waals surface area contributed by atoms with Gasteiger partial charge < -0.3 is 5.73 Å². The molecule has 1 unspecified atom stereocenters. The average Bonchev–Trinajstić information content (AvgIpc) is 2.32. The molecular weight excluding hydrogens is 242 g/mol. The highest BCUT2D eigenvalue weighted by Gasteiger charge is 2.38. The van der Waals surface area contributed by atoms with E-state index in [-0.39, 0.29) is 30.4 Å². The van der Waals surface area contributed by atoms with Crippen molar-refractivity contribution in [3.05, 3.63) is 18.0 Å². The van der Waals surface area contributed by atoms with Crippen molar-refractivity contribution in [1.82, 2.24) is 9.78 Å². The number of aryl methyl sites for hydroxylation is 1. The van der Waals surface area contributed by atoms with E-state index in [0.717, 1.165) is 6.20 Å². The van der Waals surface area contributed by atoms with Gasteiger partial charge in [-0.3, -0.25) is 4.68 Å². The lowest BCUT2D eigenvalue weighted by Gasteiger charge is -2.12. The molecule has 0 saturated heterocycles. The van der Waals surface area contributed by atoms with Crippen molar-refractivity contribution in [1.29, 1.82) is 0 Å². The lowest BCUT2D eigenvalue weighted by Crippen LogP contribution is -2.28. The van der Waals surface area contributed by atoms with Crippen molar-refractivity contribution in [2.75, 3.05) is 0 Å². The third-order valence-corrected chi connectivity index (χ3v) is 1.44. The molecule has 1 atom stereocenters. The summed E-state index contributed by atoms with van der Waals surface area (Å²) < 4.78 is 37.2. The maximum absolute atomic E-state index is 12.0. The van der Waals surface area contributed by atoms with Gasteiger partial charge in [0.1, 0.15) is 6.04 Å². The fourth-order valence-corrected chi connectivity index (χ4v) is 0.790. The van der Waals surface area contributed by atoms with E-state index >= 15 is 0 Å². The van der Waals surface area contributed by atoms with Gasteiger partial charge in [0.25, 0.3) is 0 Å². The van der Waals surface area contributed by atoms with Crippen LogP contribution in [0.2, 0.25) is 0 Å². The standard InChI is InChI=1S/C6H8F3N3.2ClH/c1-12-3-4(2-11-12)5(10)6(7,8)9;;/h2-3,5H,10H2,1H3;2*1H. The highest BCUT2D eigenvalue weighted by atomic mass is 35.5. The van der Waals surface area contributed by atoms with Crippen LogP contribution >= 0.6 is 24.8 Å². The molecule has 0 spiro atoms. The van der Waals surface area contributed by atoms with Crippen LogP contribution in [0.15, 0.2) is 12.4 Å². The Morgan fingerprint density at radius 2 is 1.93 bits per heavy atom. The first kappa shape index (κ1) is 16.0. The van der Waals surface area contributed by atoms with Crippen LogP contribution in [0.25, 0.3) is 0 Å². The Balaban J connectivity index is 0. The number of hydrogen-bond acceptors (Lipinski definition) is 2. The van der Waals surface area contributed by atoms with Crippen molar-refractivity contribution in [3.63, 3.8) is 0 Å². The molecule has 8 heteroatoms. The van der Waals surface area contributed by atoms with Crippen LogP contribution in [0.3, 0.4) is 0 Å². The van der Waals surface area contributed by atoms with Crippen molar-refractivity contribution >= 4 is 24.8 Å². The molecule has 0 radical (unpaired) electrons. The molecule has 1 aromatic rings. The number of aromatic nitrogens is 2. The topological polar surface area (TPSA) is 43.8 Å². The Kier molecular flexibility index (Phi) is 6.20. The second kappa shape index (κ2) is 5.43. The van der Waals surface area contributed by atoms with Crippen molar-refractivity contribution in [2.24, 2.45) is 12.8 Å². The van der Waals surface area contributed by atoms with Gasteiger partial charge in [0, 0.05) is 18.8 Å². The van der Waals surface area contributed by atoms with Gasteiger partial charge in [0.15, 0.2) is 0 Å². The van der Waals surface area contributed by atoms with E-state index in [9.17, 15) is 13.2 Å². The molecule has 2 N–H and O–H groups in total. The Morgan fingerprint density at radius 3 is 2.21 bits per heavy atom. The summed E-state index contributed by atoms with van der Waals surface area (Å²) in [5.41, 5.74) is 4.88. The predicted octanol–water partition coefficient (Wildman–Crippen LogP) is 1.83. The molecule has 0 aliphatic carbocycles. The van der Waals surface area contributed by atoms with Crippen LogP contribution in [-0.2, 0) is 7.05 Å². The minimum Gasteiger partial charge on any atom is -0.316 e. The Morgan fingerprint density at radius 1 is 1.43 bits per heavy atom. The first-order chi connectivity index (χ1) is 5.41. The average molecular weight is 252 g/mol. The number of rotatable bonds is 1. The molecule has 0 aromatic carbocycles. The van der Waals surface area contributed by atoms with Crippen LogP contribution < -0.4 is 5.73 Å². The quantitative estimate of drug-likeness (QED) is 0.828. The van der Waals surface area contributed by atoms with E-state index in [2.05, 4.69) is 5.10 Å². The first-order valence-electron chi connectivity index (χ1n) is 3.22. The van der Waals surface area contributed by atoms with Gasteiger partial charge >= 0.3 is 6.18 Å². The zero-order valence-electron chi connectivity index (χ0n) is 7.15. The van der Waals surface area contributed by atoms with Gasteiger partial charge in [0.2, 0.25) is 0 Å². The zero-order valence-corrected chi connectivity index (χ0v) is 8.79. The fourth-order valence-electron chi connectivity index (χ4n) is 0.790. The second-order valence-corrected chi connectivity index (χ2v) is 2.47. The summed E-state index contributed by atoms with van der Waals surface area (Å²) in [7, 11) is 1.53. The molecular formula is C6H10Cl2F3N3. The molecule has 1 aromatic heterocycles. The molecule has 14 heavy (non-hydrogen) atoms. The molecule has 1 rings (SSSR count). The van der Waals surface area contributed by atoms with Crippen LogP contribution in [-0.4, -0.2) is 16.0 Å². The van der Waals surface area contributed by atoms with Crippen LogP contribution in [0.1, 0.15) is 11.6 Å². The summed E-state index contributed by atoms with van der Waals surface area (Å²) in [5, 5.41) is 3.59. The molecule has 84 valence electrons. The highest BCUT2D eigenvalue weighted by Crippen LogP contribution is 2.29. The number of nitrogens with zero attached hydrogens (tertiary/aromatic N) is 2. The Hall–Kier alpha value is -0.460. The van der Waals surface area contributed by atoms with E-state index in [0.29, 0.717) is 0 Å². The first-order valence-corrected chi connectivity index (χ1v) is 3.22. The van der Waals surface area contributed by atoms with Crippen LogP contribution in [0, 0.1) is 0 Å². The van der Waals surface area contributed by atoms with Crippen LogP contribution in [0.4, 0.5) is 13.2 Å². The van der Waals surface area contributed by atoms with Crippen molar-refractivity contribution in [2.45, 2.75) is 12.2 Å². The summed E-state index contributed by atoms with van der Waals surface area (Å²) in [5.74, 6) is 0. The lowest BCUT2D eigenvalue weighted by atomic mass is 10.2. The zero-order chi connectivity index (χ0) is 9.35. The number of nitrogens with two attached hydrogens (primary N) is 1. The van der Waals surface area contributed by atoms with Gasteiger partial charge in [-0.1, -0.05) is 0 Å². The molecule has 1 heterocycles. The SMILES string of the molecule is Cl.Cl.Cn1cc(C(N)C(F)(F)F)cn1. The minimum atomic E-state index is -4.40. The van der Waals surface area contributed by atoms with Crippen molar-refractivity contribution < 1.29 is 13.2 Å². The van der Waals surface area contributed by atoms with Gasteiger partial charge in [-0.25, -0.2) is 0 Å². The second-order valence-electron chi connectivity index (χ2n) is 2.47. The number of halogens is 5. The smallest absolute Gasteiger partial charge is 0.316 e. The minimum absolute atomic E-state index is 0. The summed E-state index contributed by atoms with van der Waals surface area (Å²) in [6.45, 7) is 0. The molecule has 0 aliphatic rings. The predicted molar refractivity (Wildman–Crippen MR) is 50.7 cm³/mol. The van der Waals surface area contributed by atoms with Gasteiger partial charge in [-0.2, -0.15) is 18.3 Å². The van der Waals surface area contributed by atoms with Gasteiger partial charge in [-0.05, 0) is 0 Å². The largest absolute Gasteiger partial charge is 0.407 e. The van der Waals surface area contributed by atoms with Gasteiger partial charge in [0.05, 0.1) is 6.20 Å². The fraction of sp³-hybridized carbons (Fsp3) is 0.500. The molecule has 0 amide bonds. The number of hydrogen-bond donors (Lipinski definition) is 1. The van der Waals surface area contributed by atoms with Gasteiger partial charge in [-0.15, -0.1) is 24.8 Å². The molecule has 3 nitrogen and oxygen atoms in total. The molecule has 0 fully saturated rings.